The van der Waals surface area contributed by atoms with Crippen molar-refractivity contribution in [3.05, 3.63) is 28.2 Å². The van der Waals surface area contributed by atoms with Crippen LogP contribution in [0.3, 0.4) is 0 Å². The molecule has 1 aliphatic carbocycles. The number of hydrogen-bond acceptors (Lipinski definition) is 2. The molecule has 2 amide bonds. The van der Waals surface area contributed by atoms with Gasteiger partial charge in [0, 0.05) is 19.3 Å². The van der Waals surface area contributed by atoms with Gasteiger partial charge in [-0.1, -0.05) is 19.3 Å². The number of urea groups is 1. The van der Waals surface area contributed by atoms with E-state index >= 15 is 0 Å². The van der Waals surface area contributed by atoms with Gasteiger partial charge in [0.15, 0.2) is 0 Å². The number of hydrogen-bond donors (Lipinski definition) is 2. The Hall–Kier alpha value is -1.99. The van der Waals surface area contributed by atoms with Crippen molar-refractivity contribution in [2.45, 2.75) is 38.3 Å². The average Bonchev–Trinajstić information content (AvgIpc) is 2.55. The molecule has 2 atom stereocenters. The molecule has 0 bridgehead atoms. The predicted molar refractivity (Wildman–Crippen MR) is 82.7 cm³/mol. The highest BCUT2D eigenvalue weighted by Gasteiger charge is 2.34. The molecule has 5 nitrogen and oxygen atoms in total. The van der Waals surface area contributed by atoms with Crippen LogP contribution in [0, 0.1) is 11.8 Å². The highest BCUT2D eigenvalue weighted by atomic mass is 19.4. The smallest absolute Gasteiger partial charge is 0.327 e. The quantitative estimate of drug-likeness (QED) is 0.820. The third kappa shape index (κ3) is 3.57. The van der Waals surface area contributed by atoms with Crippen LogP contribution in [0.5, 0.6) is 0 Å². The Morgan fingerprint density at radius 3 is 2.62 bits per heavy atom. The lowest BCUT2D eigenvalue weighted by Gasteiger charge is -2.41. The number of halogens is 3. The standard InChI is InChI=1S/C16H20F3N3O2/c17-16(18,19)12-7-13(14(23)20-8-12)21-15(24)22-6-5-10-3-1-2-4-11(10)9-22/h7-8,10-11H,1-6,9H2,(H,20,23)(H,21,24)/t10-,11-/m0/s1. The molecule has 1 saturated heterocycles. The van der Waals surface area contributed by atoms with Crippen molar-refractivity contribution in [3.8, 4) is 0 Å². The Kier molecular flexibility index (Phi) is 4.56. The van der Waals surface area contributed by atoms with Crippen LogP contribution in [0.2, 0.25) is 0 Å². The first-order valence-corrected chi connectivity index (χ1v) is 8.20. The molecule has 1 aromatic rings. The number of pyridine rings is 1. The van der Waals surface area contributed by atoms with Gasteiger partial charge in [-0.15, -0.1) is 0 Å². The number of piperidine rings is 1. The van der Waals surface area contributed by atoms with Gasteiger partial charge in [0.1, 0.15) is 5.69 Å². The number of fused-ring (bicyclic) bond motifs is 1. The number of aromatic nitrogens is 1. The summed E-state index contributed by atoms with van der Waals surface area (Å²) in [5.41, 5.74) is -2.12. The molecule has 132 valence electrons. The zero-order valence-electron chi connectivity index (χ0n) is 13.2. The Bertz CT molecular complexity index is 671. The van der Waals surface area contributed by atoms with E-state index in [4.69, 9.17) is 0 Å². The van der Waals surface area contributed by atoms with Gasteiger partial charge in [0.25, 0.3) is 5.56 Å². The third-order valence-electron chi connectivity index (χ3n) is 5.05. The first kappa shape index (κ1) is 16.9. The number of alkyl halides is 3. The Morgan fingerprint density at radius 1 is 1.21 bits per heavy atom. The monoisotopic (exact) mass is 343 g/mol. The zero-order valence-corrected chi connectivity index (χ0v) is 13.2. The number of anilines is 1. The summed E-state index contributed by atoms with van der Waals surface area (Å²) in [5, 5.41) is 2.33. The largest absolute Gasteiger partial charge is 0.417 e. The van der Waals surface area contributed by atoms with Crippen molar-refractivity contribution in [2.75, 3.05) is 18.4 Å². The van der Waals surface area contributed by atoms with Crippen LogP contribution < -0.4 is 10.9 Å². The lowest BCUT2D eigenvalue weighted by atomic mass is 9.75. The Labute approximate surface area is 137 Å². The van der Waals surface area contributed by atoms with Gasteiger partial charge in [-0.2, -0.15) is 13.2 Å². The summed E-state index contributed by atoms with van der Waals surface area (Å²) >= 11 is 0. The van der Waals surface area contributed by atoms with E-state index in [0.29, 0.717) is 37.2 Å². The number of likely N-dealkylation sites (tertiary alicyclic amines) is 1. The molecule has 0 aromatic carbocycles. The van der Waals surface area contributed by atoms with Crippen LogP contribution in [-0.2, 0) is 6.18 Å². The van der Waals surface area contributed by atoms with Gasteiger partial charge >= 0.3 is 12.2 Å². The molecule has 2 heterocycles. The number of nitrogens with zero attached hydrogens (tertiary/aromatic N) is 1. The topological polar surface area (TPSA) is 65.2 Å². The summed E-state index contributed by atoms with van der Waals surface area (Å²) in [6, 6.07) is 0.160. The molecule has 2 N–H and O–H groups in total. The molecule has 0 unspecified atom stereocenters. The van der Waals surface area contributed by atoms with Gasteiger partial charge in [-0.05, 0) is 30.7 Å². The van der Waals surface area contributed by atoms with E-state index in [2.05, 4.69) is 5.32 Å². The summed E-state index contributed by atoms with van der Waals surface area (Å²) in [6.07, 6.45) is 1.59. The van der Waals surface area contributed by atoms with Crippen LogP contribution in [0.15, 0.2) is 17.1 Å². The minimum atomic E-state index is -4.58. The van der Waals surface area contributed by atoms with Crippen molar-refractivity contribution in [1.29, 1.82) is 0 Å². The minimum absolute atomic E-state index is 0.374. The van der Waals surface area contributed by atoms with Gasteiger partial charge in [-0.25, -0.2) is 4.79 Å². The molecule has 1 saturated carbocycles. The summed E-state index contributed by atoms with van der Waals surface area (Å²) in [7, 11) is 0. The molecule has 1 aromatic heterocycles. The van der Waals surface area contributed by atoms with Gasteiger partial charge in [-0.3, -0.25) is 4.79 Å². The third-order valence-corrected chi connectivity index (χ3v) is 5.05. The number of nitrogens with one attached hydrogen (secondary N) is 2. The fourth-order valence-corrected chi connectivity index (χ4v) is 3.72. The fraction of sp³-hybridized carbons (Fsp3) is 0.625. The van der Waals surface area contributed by atoms with Crippen molar-refractivity contribution in [3.63, 3.8) is 0 Å². The van der Waals surface area contributed by atoms with Crippen LogP contribution in [0.1, 0.15) is 37.7 Å². The molecule has 8 heteroatoms. The second kappa shape index (κ2) is 6.49. The van der Waals surface area contributed by atoms with E-state index in [0.717, 1.165) is 19.3 Å². The van der Waals surface area contributed by atoms with Crippen LogP contribution in [0.25, 0.3) is 0 Å². The summed E-state index contributed by atoms with van der Waals surface area (Å²) < 4.78 is 38.2. The maximum Gasteiger partial charge on any atom is 0.417 e. The van der Waals surface area contributed by atoms with Crippen LogP contribution >= 0.6 is 0 Å². The van der Waals surface area contributed by atoms with Gasteiger partial charge in [0.2, 0.25) is 0 Å². The van der Waals surface area contributed by atoms with E-state index < -0.39 is 23.3 Å². The Balaban J connectivity index is 1.70. The van der Waals surface area contributed by atoms with Crippen LogP contribution in [0.4, 0.5) is 23.7 Å². The van der Waals surface area contributed by atoms with Gasteiger partial charge < -0.3 is 15.2 Å². The predicted octanol–water partition coefficient (Wildman–Crippen LogP) is 3.44. The first-order chi connectivity index (χ1) is 11.3. The Morgan fingerprint density at radius 2 is 1.92 bits per heavy atom. The van der Waals surface area contributed by atoms with E-state index in [1.54, 1.807) is 4.90 Å². The molecule has 3 rings (SSSR count). The summed E-state index contributed by atoms with van der Waals surface area (Å²) in [4.78, 5) is 27.6. The number of rotatable bonds is 1. The molecule has 1 aliphatic heterocycles. The van der Waals surface area contributed by atoms with Crippen LogP contribution in [-0.4, -0.2) is 29.0 Å². The van der Waals surface area contributed by atoms with Crippen molar-refractivity contribution in [2.24, 2.45) is 11.8 Å². The number of carbonyl (C=O) groups is 1. The average molecular weight is 343 g/mol. The normalized spacial score (nSPS) is 24.4. The van der Waals surface area contributed by atoms with E-state index in [9.17, 15) is 22.8 Å². The zero-order chi connectivity index (χ0) is 17.3. The first-order valence-electron chi connectivity index (χ1n) is 8.20. The highest BCUT2D eigenvalue weighted by molar-refractivity contribution is 5.89. The number of amides is 2. The van der Waals surface area contributed by atoms with Crippen molar-refractivity contribution < 1.29 is 18.0 Å². The number of aromatic amines is 1. The molecular formula is C16H20F3N3O2. The molecule has 2 aliphatic rings. The molecule has 0 radical (unpaired) electrons. The van der Waals surface area contributed by atoms with Crippen molar-refractivity contribution >= 4 is 11.7 Å². The molecule has 2 fully saturated rings. The maximum absolute atomic E-state index is 12.7. The SMILES string of the molecule is O=C(Nc1cc(C(F)(F)F)c[nH]c1=O)N1CC[C@@H]2CCCC[C@H]2C1. The molecule has 24 heavy (non-hydrogen) atoms. The summed E-state index contributed by atoms with van der Waals surface area (Å²) in [5.74, 6) is 1.10. The second-order valence-corrected chi connectivity index (χ2v) is 6.60. The fourth-order valence-electron chi connectivity index (χ4n) is 3.72. The van der Waals surface area contributed by atoms with E-state index in [1.807, 2.05) is 4.98 Å². The molecule has 0 spiro atoms. The van der Waals surface area contributed by atoms with Gasteiger partial charge in [0.05, 0.1) is 5.56 Å². The van der Waals surface area contributed by atoms with Crippen molar-refractivity contribution in [1.82, 2.24) is 9.88 Å². The summed E-state index contributed by atoms with van der Waals surface area (Å²) in [6.45, 7) is 1.18. The minimum Gasteiger partial charge on any atom is -0.327 e. The van der Waals surface area contributed by atoms with E-state index in [-0.39, 0.29) is 5.69 Å². The number of carbonyl (C=O) groups excluding carboxylic acids is 1. The maximum atomic E-state index is 12.7. The lowest BCUT2D eigenvalue weighted by Crippen LogP contribution is -2.46. The molecular weight excluding hydrogens is 323 g/mol. The second-order valence-electron chi connectivity index (χ2n) is 6.60. The lowest BCUT2D eigenvalue weighted by molar-refractivity contribution is -0.137. The number of H-pyrrole nitrogens is 1. The van der Waals surface area contributed by atoms with E-state index in [1.165, 1.54) is 12.8 Å². The highest BCUT2D eigenvalue weighted by Crippen LogP contribution is 2.36.